The van der Waals surface area contributed by atoms with Gasteiger partial charge in [0.25, 0.3) is 0 Å². The number of alkyl halides is 3. The van der Waals surface area contributed by atoms with Gasteiger partial charge in [0.15, 0.2) is 0 Å². The van der Waals surface area contributed by atoms with Gasteiger partial charge in [-0.1, -0.05) is 18.2 Å². The van der Waals surface area contributed by atoms with Crippen molar-refractivity contribution < 1.29 is 13.2 Å². The van der Waals surface area contributed by atoms with Crippen LogP contribution in [-0.4, -0.2) is 19.8 Å². The first-order valence-corrected chi connectivity index (χ1v) is 4.56. The van der Waals surface area contributed by atoms with Crippen molar-refractivity contribution in [1.82, 2.24) is 5.32 Å². The maximum atomic E-state index is 11.9. The molecule has 0 bridgehead atoms. The minimum atomic E-state index is -4.16. The van der Waals surface area contributed by atoms with Crippen LogP contribution in [-0.2, 0) is 6.54 Å². The second-order valence-corrected chi connectivity index (χ2v) is 3.13. The Morgan fingerprint density at radius 2 is 1.87 bits per heavy atom. The molecule has 0 spiro atoms. The highest BCUT2D eigenvalue weighted by molar-refractivity contribution is 5.50. The Kier molecular flexibility index (Phi) is 3.96. The Labute approximate surface area is 86.5 Å². The smallest absolute Gasteiger partial charge is 0.388 e. The fourth-order valence-electron chi connectivity index (χ4n) is 1.26. The molecule has 0 radical (unpaired) electrons. The van der Waals surface area contributed by atoms with Crippen LogP contribution >= 0.6 is 0 Å². The number of hydrogen-bond acceptors (Lipinski definition) is 2. The molecular weight excluding hydrogens is 205 g/mol. The van der Waals surface area contributed by atoms with Crippen LogP contribution in [0.25, 0.3) is 0 Å². The van der Waals surface area contributed by atoms with Crippen LogP contribution in [0.5, 0.6) is 0 Å². The number of nitrogens with one attached hydrogen (secondary N) is 2. The third-order valence-corrected chi connectivity index (χ3v) is 1.93. The van der Waals surface area contributed by atoms with Gasteiger partial charge in [0.05, 0.1) is 6.54 Å². The fraction of sp³-hybridized carbons (Fsp3) is 0.400. The summed E-state index contributed by atoms with van der Waals surface area (Å²) in [6.07, 6.45) is -4.16. The van der Waals surface area contributed by atoms with E-state index in [1.807, 2.05) is 12.1 Å². The minimum Gasteiger partial charge on any atom is -0.388 e. The maximum Gasteiger partial charge on any atom is 0.401 e. The number of benzene rings is 1. The molecule has 0 fully saturated rings. The normalized spacial score (nSPS) is 11.5. The molecule has 0 aliphatic heterocycles. The van der Waals surface area contributed by atoms with Crippen molar-refractivity contribution in [2.24, 2.45) is 0 Å². The second-order valence-electron chi connectivity index (χ2n) is 3.13. The summed E-state index contributed by atoms with van der Waals surface area (Å²) in [6, 6.07) is 7.24. The summed E-state index contributed by atoms with van der Waals surface area (Å²) < 4.78 is 35.6. The van der Waals surface area contributed by atoms with Gasteiger partial charge in [-0.3, -0.25) is 0 Å². The van der Waals surface area contributed by atoms with Crippen molar-refractivity contribution >= 4 is 5.69 Å². The van der Waals surface area contributed by atoms with E-state index in [2.05, 4.69) is 10.6 Å². The van der Waals surface area contributed by atoms with Crippen molar-refractivity contribution in [2.75, 3.05) is 18.9 Å². The van der Waals surface area contributed by atoms with Crippen LogP contribution in [0.3, 0.4) is 0 Å². The summed E-state index contributed by atoms with van der Waals surface area (Å²) in [5.41, 5.74) is 1.66. The predicted octanol–water partition coefficient (Wildman–Crippen LogP) is 2.38. The minimum absolute atomic E-state index is 0.205. The molecule has 1 aromatic rings. The topological polar surface area (TPSA) is 24.1 Å². The van der Waals surface area contributed by atoms with E-state index < -0.39 is 12.7 Å². The number of anilines is 1. The maximum absolute atomic E-state index is 11.9. The number of halogens is 3. The second kappa shape index (κ2) is 5.02. The van der Waals surface area contributed by atoms with Gasteiger partial charge in [-0.2, -0.15) is 13.2 Å². The molecule has 0 aliphatic carbocycles. The van der Waals surface area contributed by atoms with E-state index in [0.29, 0.717) is 0 Å². The highest BCUT2D eigenvalue weighted by Crippen LogP contribution is 2.15. The van der Waals surface area contributed by atoms with E-state index >= 15 is 0 Å². The van der Waals surface area contributed by atoms with Gasteiger partial charge < -0.3 is 10.6 Å². The first-order chi connectivity index (χ1) is 7.03. The Morgan fingerprint density at radius 3 is 2.47 bits per heavy atom. The van der Waals surface area contributed by atoms with Gasteiger partial charge in [-0.25, -0.2) is 0 Å². The van der Waals surface area contributed by atoms with Crippen molar-refractivity contribution in [3.8, 4) is 0 Å². The molecule has 1 aromatic carbocycles. The molecule has 2 N–H and O–H groups in total. The number of para-hydroxylation sites is 1. The summed E-state index contributed by atoms with van der Waals surface area (Å²) in [4.78, 5) is 0. The zero-order valence-electron chi connectivity index (χ0n) is 8.36. The summed E-state index contributed by atoms with van der Waals surface area (Å²) in [7, 11) is 1.74. The zero-order valence-corrected chi connectivity index (χ0v) is 8.36. The molecule has 0 atom stereocenters. The third kappa shape index (κ3) is 4.20. The highest BCUT2D eigenvalue weighted by atomic mass is 19.4. The van der Waals surface area contributed by atoms with E-state index in [9.17, 15) is 13.2 Å². The largest absolute Gasteiger partial charge is 0.401 e. The van der Waals surface area contributed by atoms with Gasteiger partial charge in [0.2, 0.25) is 0 Å². The van der Waals surface area contributed by atoms with Crippen molar-refractivity contribution in [3.05, 3.63) is 29.8 Å². The van der Waals surface area contributed by atoms with E-state index in [1.165, 1.54) is 0 Å². The molecule has 0 unspecified atom stereocenters. The van der Waals surface area contributed by atoms with Gasteiger partial charge in [0, 0.05) is 19.3 Å². The molecule has 0 aliphatic rings. The van der Waals surface area contributed by atoms with E-state index in [0.717, 1.165) is 11.3 Å². The molecule has 84 valence electrons. The lowest BCUT2D eigenvalue weighted by Gasteiger charge is -2.11. The fourth-order valence-corrected chi connectivity index (χ4v) is 1.26. The third-order valence-electron chi connectivity index (χ3n) is 1.93. The van der Waals surface area contributed by atoms with Gasteiger partial charge in [-0.05, 0) is 11.6 Å². The van der Waals surface area contributed by atoms with Crippen LogP contribution in [0, 0.1) is 0 Å². The Balaban J connectivity index is 2.50. The first-order valence-electron chi connectivity index (χ1n) is 4.56. The van der Waals surface area contributed by atoms with Crippen LogP contribution < -0.4 is 10.6 Å². The molecule has 0 heterocycles. The molecule has 0 amide bonds. The Morgan fingerprint density at radius 1 is 1.20 bits per heavy atom. The van der Waals surface area contributed by atoms with Crippen LogP contribution in [0.15, 0.2) is 24.3 Å². The number of hydrogen-bond donors (Lipinski definition) is 2. The van der Waals surface area contributed by atoms with Crippen molar-refractivity contribution in [1.29, 1.82) is 0 Å². The van der Waals surface area contributed by atoms with Gasteiger partial charge in [-0.15, -0.1) is 0 Å². The summed E-state index contributed by atoms with van der Waals surface area (Å²) in [5.74, 6) is 0. The SMILES string of the molecule is CNc1ccccc1CNCC(F)(F)F. The van der Waals surface area contributed by atoms with Crippen LogP contribution in [0.4, 0.5) is 18.9 Å². The van der Waals surface area contributed by atoms with Gasteiger partial charge in [0.1, 0.15) is 0 Å². The summed E-state index contributed by atoms with van der Waals surface area (Å²) in [6.45, 7) is -0.762. The van der Waals surface area contributed by atoms with E-state index in [4.69, 9.17) is 0 Å². The predicted molar refractivity (Wildman–Crippen MR) is 53.8 cm³/mol. The zero-order chi connectivity index (χ0) is 11.3. The molecule has 5 heteroatoms. The number of rotatable bonds is 4. The Bertz CT molecular complexity index is 310. The lowest BCUT2D eigenvalue weighted by molar-refractivity contribution is -0.125. The molecule has 1 rings (SSSR count). The summed E-state index contributed by atoms with van der Waals surface area (Å²) >= 11 is 0. The quantitative estimate of drug-likeness (QED) is 0.810. The molecule has 0 saturated carbocycles. The average molecular weight is 218 g/mol. The monoisotopic (exact) mass is 218 g/mol. The molecule has 0 aromatic heterocycles. The highest BCUT2D eigenvalue weighted by Gasteiger charge is 2.26. The molecule has 2 nitrogen and oxygen atoms in total. The lowest BCUT2D eigenvalue weighted by atomic mass is 10.2. The summed E-state index contributed by atoms with van der Waals surface area (Å²) in [5, 5.41) is 5.27. The molecule has 0 saturated heterocycles. The molecular formula is C10H13F3N2. The van der Waals surface area contributed by atoms with E-state index in [1.54, 1.807) is 19.2 Å². The van der Waals surface area contributed by atoms with Crippen LogP contribution in [0.2, 0.25) is 0 Å². The Hall–Kier alpha value is -1.23. The van der Waals surface area contributed by atoms with E-state index in [-0.39, 0.29) is 6.54 Å². The first kappa shape index (κ1) is 11.8. The standard InChI is InChI=1S/C10H13F3N2/c1-14-9-5-3-2-4-8(9)6-15-7-10(11,12)13/h2-5,14-15H,6-7H2,1H3. The van der Waals surface area contributed by atoms with Gasteiger partial charge >= 0.3 is 6.18 Å². The van der Waals surface area contributed by atoms with Crippen LogP contribution in [0.1, 0.15) is 5.56 Å². The molecule has 15 heavy (non-hydrogen) atoms. The van der Waals surface area contributed by atoms with Crippen molar-refractivity contribution in [2.45, 2.75) is 12.7 Å². The van der Waals surface area contributed by atoms with Crippen molar-refractivity contribution in [3.63, 3.8) is 0 Å². The average Bonchev–Trinajstić information content (AvgIpc) is 2.16. The lowest BCUT2D eigenvalue weighted by Crippen LogP contribution is -2.28.